The topological polar surface area (TPSA) is 67.8 Å². The number of fused-ring (bicyclic) bond motifs is 1. The number of nitrogens with one attached hydrogen (secondary N) is 1. The third-order valence-electron chi connectivity index (χ3n) is 4.46. The molecule has 0 aliphatic heterocycles. The fourth-order valence-electron chi connectivity index (χ4n) is 3.15. The van der Waals surface area contributed by atoms with Crippen LogP contribution in [0.25, 0.3) is 11.4 Å². The molecule has 2 aromatic rings. The standard InChI is InChI=1S/C19H24N4O/c1-12(2)18(24)23-16-10-19(3,4)9-15-14(16)11-21-17(22-15)13-5-7-20-8-6-13/h5-8,11-12,16H,9-10H2,1-4H3,(H,23,24). The summed E-state index contributed by atoms with van der Waals surface area (Å²) in [5.74, 6) is 0.750. The van der Waals surface area contributed by atoms with Crippen LogP contribution in [0, 0.1) is 11.3 Å². The molecule has 5 heteroatoms. The van der Waals surface area contributed by atoms with Crippen molar-refractivity contribution in [2.75, 3.05) is 0 Å². The Bertz CT molecular complexity index is 740. The predicted octanol–water partition coefficient (Wildman–Crippen LogP) is 3.32. The molecule has 0 spiro atoms. The first-order valence-corrected chi connectivity index (χ1v) is 8.42. The van der Waals surface area contributed by atoms with E-state index in [0.717, 1.165) is 29.7 Å². The highest BCUT2D eigenvalue weighted by atomic mass is 16.1. The molecule has 1 N–H and O–H groups in total. The molecule has 0 saturated heterocycles. The van der Waals surface area contributed by atoms with Crippen molar-refractivity contribution in [2.24, 2.45) is 11.3 Å². The quantitative estimate of drug-likeness (QED) is 0.940. The second-order valence-electron chi connectivity index (χ2n) is 7.59. The molecule has 2 heterocycles. The summed E-state index contributed by atoms with van der Waals surface area (Å²) < 4.78 is 0. The van der Waals surface area contributed by atoms with Gasteiger partial charge in [-0.05, 0) is 30.4 Å². The molecule has 126 valence electrons. The number of hydrogen-bond acceptors (Lipinski definition) is 4. The van der Waals surface area contributed by atoms with Crippen molar-refractivity contribution in [2.45, 2.75) is 46.6 Å². The molecule has 1 atom stereocenters. The molecule has 1 aliphatic rings. The average Bonchev–Trinajstić information content (AvgIpc) is 2.54. The van der Waals surface area contributed by atoms with E-state index in [0.29, 0.717) is 5.82 Å². The van der Waals surface area contributed by atoms with E-state index in [1.165, 1.54) is 0 Å². The van der Waals surface area contributed by atoms with Crippen LogP contribution in [-0.4, -0.2) is 20.9 Å². The van der Waals surface area contributed by atoms with Gasteiger partial charge in [0.15, 0.2) is 5.82 Å². The van der Waals surface area contributed by atoms with Gasteiger partial charge in [0, 0.05) is 35.6 Å². The van der Waals surface area contributed by atoms with Gasteiger partial charge in [-0.15, -0.1) is 0 Å². The molecule has 2 aromatic heterocycles. The molecule has 1 unspecified atom stereocenters. The van der Waals surface area contributed by atoms with E-state index >= 15 is 0 Å². The highest BCUT2D eigenvalue weighted by Crippen LogP contribution is 2.40. The Morgan fingerprint density at radius 3 is 2.67 bits per heavy atom. The van der Waals surface area contributed by atoms with E-state index in [2.05, 4.69) is 29.1 Å². The fourth-order valence-corrected chi connectivity index (χ4v) is 3.15. The normalized spacial score (nSPS) is 19.0. The number of hydrogen-bond donors (Lipinski definition) is 1. The molecule has 1 amide bonds. The Hall–Kier alpha value is -2.30. The van der Waals surface area contributed by atoms with E-state index in [9.17, 15) is 4.79 Å². The van der Waals surface area contributed by atoms with Crippen molar-refractivity contribution in [1.29, 1.82) is 0 Å². The summed E-state index contributed by atoms with van der Waals surface area (Å²) in [7, 11) is 0. The van der Waals surface area contributed by atoms with Crippen molar-refractivity contribution >= 4 is 5.91 Å². The monoisotopic (exact) mass is 324 g/mol. The van der Waals surface area contributed by atoms with Gasteiger partial charge >= 0.3 is 0 Å². The van der Waals surface area contributed by atoms with Crippen LogP contribution in [0.15, 0.2) is 30.7 Å². The van der Waals surface area contributed by atoms with Crippen molar-refractivity contribution in [3.8, 4) is 11.4 Å². The number of aromatic nitrogens is 3. The van der Waals surface area contributed by atoms with Gasteiger partial charge in [-0.3, -0.25) is 9.78 Å². The Kier molecular flexibility index (Phi) is 4.35. The number of rotatable bonds is 3. The van der Waals surface area contributed by atoms with Crippen LogP contribution in [-0.2, 0) is 11.2 Å². The van der Waals surface area contributed by atoms with Gasteiger partial charge in [0.1, 0.15) is 0 Å². The van der Waals surface area contributed by atoms with E-state index in [-0.39, 0.29) is 23.3 Å². The van der Waals surface area contributed by atoms with Crippen LogP contribution in [0.1, 0.15) is 51.4 Å². The first kappa shape index (κ1) is 16.6. The first-order valence-electron chi connectivity index (χ1n) is 8.42. The van der Waals surface area contributed by atoms with E-state index in [1.807, 2.05) is 32.2 Å². The average molecular weight is 324 g/mol. The molecule has 0 aromatic carbocycles. The van der Waals surface area contributed by atoms with E-state index in [4.69, 9.17) is 4.98 Å². The van der Waals surface area contributed by atoms with Gasteiger partial charge in [0.05, 0.1) is 11.7 Å². The van der Waals surface area contributed by atoms with Crippen molar-refractivity contribution in [3.05, 3.63) is 42.0 Å². The third kappa shape index (κ3) is 3.45. The summed E-state index contributed by atoms with van der Waals surface area (Å²) in [4.78, 5) is 25.5. The molecule has 24 heavy (non-hydrogen) atoms. The minimum atomic E-state index is -0.0319. The Morgan fingerprint density at radius 1 is 1.29 bits per heavy atom. The molecule has 1 aliphatic carbocycles. The number of carbonyl (C=O) groups excluding carboxylic acids is 1. The first-order chi connectivity index (χ1) is 11.4. The van der Waals surface area contributed by atoms with E-state index in [1.54, 1.807) is 12.4 Å². The maximum absolute atomic E-state index is 12.2. The van der Waals surface area contributed by atoms with Gasteiger partial charge in [-0.2, -0.15) is 0 Å². The van der Waals surface area contributed by atoms with Crippen LogP contribution < -0.4 is 5.32 Å². The number of pyridine rings is 1. The fraction of sp³-hybridized carbons (Fsp3) is 0.474. The Labute approximate surface area is 143 Å². The molecule has 0 radical (unpaired) electrons. The maximum Gasteiger partial charge on any atom is 0.223 e. The summed E-state index contributed by atoms with van der Waals surface area (Å²) in [6, 6.07) is 3.80. The Balaban J connectivity index is 1.97. The molecule has 0 bridgehead atoms. The lowest BCUT2D eigenvalue weighted by Gasteiger charge is -2.36. The van der Waals surface area contributed by atoms with Crippen molar-refractivity contribution in [3.63, 3.8) is 0 Å². The zero-order chi connectivity index (χ0) is 17.3. The molecule has 0 fully saturated rings. The van der Waals surface area contributed by atoms with Gasteiger partial charge in [-0.1, -0.05) is 27.7 Å². The molecule has 5 nitrogen and oxygen atoms in total. The summed E-state index contributed by atoms with van der Waals surface area (Å²) in [5.41, 5.74) is 3.12. The highest BCUT2D eigenvalue weighted by Gasteiger charge is 2.34. The number of carbonyl (C=O) groups is 1. The summed E-state index contributed by atoms with van der Waals surface area (Å²) in [6.07, 6.45) is 7.15. The molecule has 0 saturated carbocycles. The van der Waals surface area contributed by atoms with Crippen LogP contribution in [0.3, 0.4) is 0 Å². The zero-order valence-corrected chi connectivity index (χ0v) is 14.7. The Morgan fingerprint density at radius 2 is 2.00 bits per heavy atom. The zero-order valence-electron chi connectivity index (χ0n) is 14.7. The van der Waals surface area contributed by atoms with Crippen LogP contribution in [0.4, 0.5) is 0 Å². The van der Waals surface area contributed by atoms with E-state index < -0.39 is 0 Å². The molecular formula is C19H24N4O. The summed E-state index contributed by atoms with van der Waals surface area (Å²) in [6.45, 7) is 8.26. The van der Waals surface area contributed by atoms with Crippen LogP contribution in [0.5, 0.6) is 0 Å². The van der Waals surface area contributed by atoms with Crippen LogP contribution >= 0.6 is 0 Å². The highest BCUT2D eigenvalue weighted by molar-refractivity contribution is 5.78. The number of amides is 1. The predicted molar refractivity (Wildman–Crippen MR) is 93.1 cm³/mol. The summed E-state index contributed by atoms with van der Waals surface area (Å²) in [5, 5.41) is 3.16. The maximum atomic E-state index is 12.2. The number of nitrogens with zero attached hydrogens (tertiary/aromatic N) is 3. The third-order valence-corrected chi connectivity index (χ3v) is 4.46. The van der Waals surface area contributed by atoms with Crippen molar-refractivity contribution in [1.82, 2.24) is 20.3 Å². The minimum Gasteiger partial charge on any atom is -0.349 e. The lowest BCUT2D eigenvalue weighted by Crippen LogP contribution is -2.38. The van der Waals surface area contributed by atoms with Crippen LogP contribution in [0.2, 0.25) is 0 Å². The second kappa shape index (κ2) is 6.30. The second-order valence-corrected chi connectivity index (χ2v) is 7.59. The van der Waals surface area contributed by atoms with Gasteiger partial charge in [0.2, 0.25) is 5.91 Å². The van der Waals surface area contributed by atoms with Gasteiger partial charge in [-0.25, -0.2) is 9.97 Å². The SMILES string of the molecule is CC(C)C(=O)NC1CC(C)(C)Cc2nc(-c3ccncc3)ncc21. The van der Waals surface area contributed by atoms with Crippen molar-refractivity contribution < 1.29 is 4.79 Å². The lowest BCUT2D eigenvalue weighted by molar-refractivity contribution is -0.125. The summed E-state index contributed by atoms with van der Waals surface area (Å²) >= 11 is 0. The molecular weight excluding hydrogens is 300 g/mol. The lowest BCUT2D eigenvalue weighted by atomic mass is 9.74. The van der Waals surface area contributed by atoms with Gasteiger partial charge < -0.3 is 5.32 Å². The van der Waals surface area contributed by atoms with Gasteiger partial charge in [0.25, 0.3) is 0 Å². The minimum absolute atomic E-state index is 0.0230. The smallest absolute Gasteiger partial charge is 0.223 e. The molecule has 3 rings (SSSR count). The largest absolute Gasteiger partial charge is 0.349 e.